The fraction of sp³-hybridized carbons (Fsp3) is 0.857. The van der Waals surface area contributed by atoms with Gasteiger partial charge in [0.2, 0.25) is 5.91 Å². The van der Waals surface area contributed by atoms with Gasteiger partial charge in [-0.25, -0.2) is 0 Å². The first-order chi connectivity index (χ1) is 9.52. The van der Waals surface area contributed by atoms with E-state index in [0.29, 0.717) is 45.0 Å². The normalized spacial score (nSPS) is 23.4. The SMILES string of the molecule is CCOC(=O)CCCNC(=O)CN1CCC(C)C(O)C1. The lowest BCUT2D eigenvalue weighted by Crippen LogP contribution is -2.47. The van der Waals surface area contributed by atoms with E-state index in [2.05, 4.69) is 5.32 Å². The van der Waals surface area contributed by atoms with Crippen molar-refractivity contribution in [2.24, 2.45) is 5.92 Å². The fourth-order valence-corrected chi connectivity index (χ4v) is 2.21. The Bertz CT molecular complexity index is 322. The smallest absolute Gasteiger partial charge is 0.305 e. The zero-order valence-electron chi connectivity index (χ0n) is 12.4. The van der Waals surface area contributed by atoms with Crippen LogP contribution in [-0.4, -0.2) is 60.8 Å². The second-order valence-electron chi connectivity index (χ2n) is 5.33. The highest BCUT2D eigenvalue weighted by molar-refractivity contribution is 5.78. The van der Waals surface area contributed by atoms with Gasteiger partial charge < -0.3 is 15.2 Å². The van der Waals surface area contributed by atoms with E-state index < -0.39 is 0 Å². The third kappa shape index (κ3) is 6.34. The first kappa shape index (κ1) is 16.9. The molecule has 1 fully saturated rings. The molecule has 0 aliphatic carbocycles. The average molecular weight is 286 g/mol. The summed E-state index contributed by atoms with van der Waals surface area (Å²) in [6, 6.07) is 0. The number of nitrogens with zero attached hydrogens (tertiary/aromatic N) is 1. The number of hydrogen-bond acceptors (Lipinski definition) is 5. The van der Waals surface area contributed by atoms with Gasteiger partial charge in [0.1, 0.15) is 0 Å². The molecule has 0 aromatic carbocycles. The van der Waals surface area contributed by atoms with Crippen molar-refractivity contribution in [2.75, 3.05) is 32.8 Å². The summed E-state index contributed by atoms with van der Waals surface area (Å²) in [5.41, 5.74) is 0. The second kappa shape index (κ2) is 8.92. The number of carbonyl (C=O) groups excluding carboxylic acids is 2. The van der Waals surface area contributed by atoms with Crippen molar-refractivity contribution in [3.05, 3.63) is 0 Å². The second-order valence-corrected chi connectivity index (χ2v) is 5.33. The predicted octanol–water partition coefficient (Wildman–Crippen LogP) is 0.149. The van der Waals surface area contributed by atoms with Crippen LogP contribution in [0.25, 0.3) is 0 Å². The molecule has 6 nitrogen and oxygen atoms in total. The van der Waals surface area contributed by atoms with E-state index in [-0.39, 0.29) is 18.0 Å². The standard InChI is InChI=1S/C14H26N2O4/c1-3-20-14(19)5-4-7-15-13(18)10-16-8-6-11(2)12(17)9-16/h11-12,17H,3-10H2,1-2H3,(H,15,18). The number of nitrogens with one attached hydrogen (secondary N) is 1. The van der Waals surface area contributed by atoms with Crippen LogP contribution in [0.2, 0.25) is 0 Å². The van der Waals surface area contributed by atoms with Gasteiger partial charge in [0.05, 0.1) is 19.3 Å². The van der Waals surface area contributed by atoms with E-state index in [1.165, 1.54) is 0 Å². The van der Waals surface area contributed by atoms with Crippen LogP contribution >= 0.6 is 0 Å². The van der Waals surface area contributed by atoms with Crippen LogP contribution in [-0.2, 0) is 14.3 Å². The topological polar surface area (TPSA) is 78.9 Å². The molecule has 0 bridgehead atoms. The number of rotatable bonds is 7. The number of likely N-dealkylation sites (tertiary alicyclic amines) is 1. The van der Waals surface area contributed by atoms with Crippen LogP contribution < -0.4 is 5.32 Å². The molecule has 2 unspecified atom stereocenters. The zero-order valence-corrected chi connectivity index (χ0v) is 12.4. The summed E-state index contributed by atoms with van der Waals surface area (Å²) >= 11 is 0. The number of esters is 1. The molecule has 0 spiro atoms. The van der Waals surface area contributed by atoms with Crippen molar-refractivity contribution in [3.63, 3.8) is 0 Å². The Morgan fingerprint density at radius 1 is 1.45 bits per heavy atom. The number of carbonyl (C=O) groups is 2. The lowest BCUT2D eigenvalue weighted by molar-refractivity contribution is -0.143. The summed E-state index contributed by atoms with van der Waals surface area (Å²) in [6.07, 6.45) is 1.48. The van der Waals surface area contributed by atoms with Gasteiger partial charge in [0.15, 0.2) is 0 Å². The van der Waals surface area contributed by atoms with E-state index in [9.17, 15) is 14.7 Å². The molecule has 1 rings (SSSR count). The van der Waals surface area contributed by atoms with Crippen LogP contribution in [0.5, 0.6) is 0 Å². The minimum Gasteiger partial charge on any atom is -0.466 e. The summed E-state index contributed by atoms with van der Waals surface area (Å²) < 4.78 is 4.80. The summed E-state index contributed by atoms with van der Waals surface area (Å²) in [4.78, 5) is 24.8. The number of β-amino-alcohol motifs (C(OH)–C–C–N with tert-alkyl or cyclic N) is 1. The molecule has 116 valence electrons. The molecule has 0 radical (unpaired) electrons. The van der Waals surface area contributed by atoms with Crippen LogP contribution in [0.4, 0.5) is 0 Å². The molecule has 1 heterocycles. The van der Waals surface area contributed by atoms with Gasteiger partial charge in [-0.2, -0.15) is 0 Å². The van der Waals surface area contributed by atoms with Gasteiger partial charge in [-0.05, 0) is 32.2 Å². The maximum Gasteiger partial charge on any atom is 0.305 e. The van der Waals surface area contributed by atoms with Gasteiger partial charge in [-0.3, -0.25) is 14.5 Å². The highest BCUT2D eigenvalue weighted by Crippen LogP contribution is 2.16. The molecule has 0 aromatic rings. The van der Waals surface area contributed by atoms with Gasteiger partial charge in [0.25, 0.3) is 0 Å². The maximum atomic E-state index is 11.7. The predicted molar refractivity (Wildman–Crippen MR) is 75.1 cm³/mol. The van der Waals surface area contributed by atoms with Crippen molar-refractivity contribution >= 4 is 11.9 Å². The molecule has 2 N–H and O–H groups in total. The summed E-state index contributed by atoms with van der Waals surface area (Å²) in [6.45, 7) is 6.37. The lowest BCUT2D eigenvalue weighted by Gasteiger charge is -2.33. The molecule has 20 heavy (non-hydrogen) atoms. The highest BCUT2D eigenvalue weighted by atomic mass is 16.5. The molecule has 2 atom stereocenters. The van der Waals surface area contributed by atoms with E-state index in [1.807, 2.05) is 11.8 Å². The largest absolute Gasteiger partial charge is 0.466 e. The van der Waals surface area contributed by atoms with Crippen molar-refractivity contribution in [3.8, 4) is 0 Å². The van der Waals surface area contributed by atoms with Crippen molar-refractivity contribution < 1.29 is 19.4 Å². The molecule has 1 aliphatic rings. The van der Waals surface area contributed by atoms with E-state index >= 15 is 0 Å². The average Bonchev–Trinajstić information content (AvgIpc) is 2.39. The van der Waals surface area contributed by atoms with Gasteiger partial charge >= 0.3 is 5.97 Å². The van der Waals surface area contributed by atoms with Crippen LogP contribution in [0, 0.1) is 5.92 Å². The molecular weight excluding hydrogens is 260 g/mol. The van der Waals surface area contributed by atoms with E-state index in [0.717, 1.165) is 13.0 Å². The number of amides is 1. The summed E-state index contributed by atoms with van der Waals surface area (Å²) in [5.74, 6) is 0.0180. The Hall–Kier alpha value is -1.14. The monoisotopic (exact) mass is 286 g/mol. The van der Waals surface area contributed by atoms with Gasteiger partial charge in [-0.15, -0.1) is 0 Å². The minimum atomic E-state index is -0.347. The first-order valence-corrected chi connectivity index (χ1v) is 7.35. The Kier molecular flexibility index (Phi) is 7.54. The maximum absolute atomic E-state index is 11.7. The van der Waals surface area contributed by atoms with Gasteiger partial charge in [0, 0.05) is 19.5 Å². The van der Waals surface area contributed by atoms with Crippen LogP contribution in [0.15, 0.2) is 0 Å². The van der Waals surface area contributed by atoms with E-state index in [1.54, 1.807) is 6.92 Å². The number of ether oxygens (including phenoxy) is 1. The Balaban J connectivity index is 2.10. The fourth-order valence-electron chi connectivity index (χ4n) is 2.21. The first-order valence-electron chi connectivity index (χ1n) is 7.35. The van der Waals surface area contributed by atoms with Crippen LogP contribution in [0.3, 0.4) is 0 Å². The third-order valence-corrected chi connectivity index (χ3v) is 3.56. The quantitative estimate of drug-likeness (QED) is 0.514. The number of aliphatic hydroxyl groups is 1. The summed E-state index contributed by atoms with van der Waals surface area (Å²) in [5, 5.41) is 12.5. The molecule has 0 aromatic heterocycles. The third-order valence-electron chi connectivity index (χ3n) is 3.56. The van der Waals surface area contributed by atoms with Crippen molar-refractivity contribution in [2.45, 2.75) is 39.2 Å². The molecule has 1 aliphatic heterocycles. The Labute approximate surface area is 120 Å². The molecule has 0 saturated carbocycles. The number of piperidine rings is 1. The van der Waals surface area contributed by atoms with Crippen molar-refractivity contribution in [1.82, 2.24) is 10.2 Å². The van der Waals surface area contributed by atoms with Gasteiger partial charge in [-0.1, -0.05) is 6.92 Å². The zero-order chi connectivity index (χ0) is 15.0. The summed E-state index contributed by atoms with van der Waals surface area (Å²) in [7, 11) is 0. The Morgan fingerprint density at radius 2 is 2.20 bits per heavy atom. The highest BCUT2D eigenvalue weighted by Gasteiger charge is 2.25. The molecular formula is C14H26N2O4. The number of hydrogen-bond donors (Lipinski definition) is 2. The lowest BCUT2D eigenvalue weighted by atomic mass is 9.96. The van der Waals surface area contributed by atoms with Crippen molar-refractivity contribution in [1.29, 1.82) is 0 Å². The molecule has 1 amide bonds. The van der Waals surface area contributed by atoms with Crippen LogP contribution in [0.1, 0.15) is 33.1 Å². The molecule has 6 heteroatoms. The minimum absolute atomic E-state index is 0.0596. The molecule has 1 saturated heterocycles. The Morgan fingerprint density at radius 3 is 2.85 bits per heavy atom. The number of aliphatic hydroxyl groups excluding tert-OH is 1. The van der Waals surface area contributed by atoms with E-state index in [4.69, 9.17) is 4.74 Å².